The van der Waals surface area contributed by atoms with Gasteiger partial charge in [-0.15, -0.1) is 0 Å². The van der Waals surface area contributed by atoms with Crippen molar-refractivity contribution in [1.82, 2.24) is 9.97 Å². The zero-order valence-electron chi connectivity index (χ0n) is 7.27. The molecule has 1 aromatic heterocycles. The number of rotatable bonds is 1. The summed E-state index contributed by atoms with van der Waals surface area (Å²) in [6.07, 6.45) is 5.56. The molecule has 1 saturated heterocycles. The van der Waals surface area contributed by atoms with Crippen molar-refractivity contribution >= 4 is 5.95 Å². The lowest BCUT2D eigenvalue weighted by atomic mass is 10.4. The fourth-order valence-electron chi connectivity index (χ4n) is 1.46. The summed E-state index contributed by atoms with van der Waals surface area (Å²) in [7, 11) is 0. The van der Waals surface area contributed by atoms with Crippen LogP contribution in [-0.2, 0) is 0 Å². The van der Waals surface area contributed by atoms with Gasteiger partial charge in [0, 0.05) is 13.1 Å². The minimum absolute atomic E-state index is 0.517. The van der Waals surface area contributed by atoms with Crippen LogP contribution >= 0.6 is 0 Å². The van der Waals surface area contributed by atoms with Gasteiger partial charge in [0.25, 0.3) is 0 Å². The van der Waals surface area contributed by atoms with E-state index in [0.717, 1.165) is 19.0 Å². The lowest BCUT2D eigenvalue weighted by Crippen LogP contribution is -2.20. The van der Waals surface area contributed by atoms with E-state index >= 15 is 0 Å². The predicted molar refractivity (Wildman–Crippen MR) is 48.2 cm³/mol. The summed E-state index contributed by atoms with van der Waals surface area (Å²) in [6.45, 7) is 2.07. The molecule has 0 saturated carbocycles. The van der Waals surface area contributed by atoms with Crippen molar-refractivity contribution in [2.75, 3.05) is 18.0 Å². The predicted octanol–water partition coefficient (Wildman–Crippen LogP) is 0.948. The van der Waals surface area contributed by atoms with Crippen molar-refractivity contribution in [2.45, 2.75) is 12.8 Å². The van der Waals surface area contributed by atoms with E-state index in [1.165, 1.54) is 12.8 Å². The number of nitrogens with zero attached hydrogens (tertiary/aromatic N) is 4. The third-order valence-corrected chi connectivity index (χ3v) is 2.16. The summed E-state index contributed by atoms with van der Waals surface area (Å²) in [4.78, 5) is 10.4. The lowest BCUT2D eigenvalue weighted by molar-refractivity contribution is 0.896. The highest BCUT2D eigenvalue weighted by Crippen LogP contribution is 2.14. The van der Waals surface area contributed by atoms with Gasteiger partial charge in [0.05, 0.1) is 18.0 Å². The molecule has 4 heteroatoms. The SMILES string of the molecule is N#Cc1cnc(N2CCCC2)nc1. The number of hydrogen-bond donors (Lipinski definition) is 0. The van der Waals surface area contributed by atoms with Crippen molar-refractivity contribution in [3.05, 3.63) is 18.0 Å². The average molecular weight is 174 g/mol. The molecule has 0 N–H and O–H groups in total. The molecule has 13 heavy (non-hydrogen) atoms. The van der Waals surface area contributed by atoms with Crippen LogP contribution in [0.3, 0.4) is 0 Å². The fraction of sp³-hybridized carbons (Fsp3) is 0.444. The molecule has 1 aliphatic heterocycles. The minimum atomic E-state index is 0.517. The Hall–Kier alpha value is -1.63. The van der Waals surface area contributed by atoms with Crippen molar-refractivity contribution in [3.63, 3.8) is 0 Å². The molecular formula is C9H10N4. The number of hydrogen-bond acceptors (Lipinski definition) is 4. The maximum atomic E-state index is 8.55. The minimum Gasteiger partial charge on any atom is -0.341 e. The summed E-state index contributed by atoms with van der Waals surface area (Å²) < 4.78 is 0. The first-order valence-electron chi connectivity index (χ1n) is 4.37. The first-order chi connectivity index (χ1) is 6.40. The Morgan fingerprint density at radius 3 is 2.38 bits per heavy atom. The fourth-order valence-corrected chi connectivity index (χ4v) is 1.46. The van der Waals surface area contributed by atoms with Crippen molar-refractivity contribution in [3.8, 4) is 6.07 Å². The maximum absolute atomic E-state index is 8.55. The molecule has 1 aromatic rings. The van der Waals surface area contributed by atoms with E-state index in [9.17, 15) is 0 Å². The van der Waals surface area contributed by atoms with Gasteiger partial charge in [0.15, 0.2) is 0 Å². The average Bonchev–Trinajstić information content (AvgIpc) is 2.71. The van der Waals surface area contributed by atoms with Gasteiger partial charge in [-0.2, -0.15) is 5.26 Å². The summed E-state index contributed by atoms with van der Waals surface area (Å²) in [5, 5.41) is 8.55. The van der Waals surface area contributed by atoms with E-state index in [1.807, 2.05) is 6.07 Å². The quantitative estimate of drug-likeness (QED) is 0.636. The van der Waals surface area contributed by atoms with Gasteiger partial charge < -0.3 is 4.90 Å². The third kappa shape index (κ3) is 1.59. The zero-order valence-corrected chi connectivity index (χ0v) is 7.27. The normalized spacial score (nSPS) is 15.8. The highest BCUT2D eigenvalue weighted by molar-refractivity contribution is 5.33. The highest BCUT2D eigenvalue weighted by atomic mass is 15.3. The largest absolute Gasteiger partial charge is 0.341 e. The molecule has 0 unspecified atom stereocenters. The van der Waals surface area contributed by atoms with Gasteiger partial charge in [-0.1, -0.05) is 0 Å². The Morgan fingerprint density at radius 1 is 1.23 bits per heavy atom. The molecule has 0 aliphatic carbocycles. The molecule has 2 rings (SSSR count). The van der Waals surface area contributed by atoms with Crippen molar-refractivity contribution in [1.29, 1.82) is 5.26 Å². The van der Waals surface area contributed by atoms with Gasteiger partial charge in [0.1, 0.15) is 6.07 Å². The molecule has 1 aliphatic rings. The highest BCUT2D eigenvalue weighted by Gasteiger charge is 2.13. The van der Waals surface area contributed by atoms with Gasteiger partial charge in [-0.25, -0.2) is 9.97 Å². The van der Waals surface area contributed by atoms with E-state index in [1.54, 1.807) is 12.4 Å². The number of aromatic nitrogens is 2. The van der Waals surface area contributed by atoms with Crippen LogP contribution in [-0.4, -0.2) is 23.1 Å². The van der Waals surface area contributed by atoms with Gasteiger partial charge in [0.2, 0.25) is 5.95 Å². The molecular weight excluding hydrogens is 164 g/mol. The van der Waals surface area contributed by atoms with E-state index in [4.69, 9.17) is 5.26 Å². The molecule has 2 heterocycles. The topological polar surface area (TPSA) is 52.8 Å². The molecule has 0 aromatic carbocycles. The maximum Gasteiger partial charge on any atom is 0.225 e. The van der Waals surface area contributed by atoms with Gasteiger partial charge in [-0.3, -0.25) is 0 Å². The Bertz CT molecular complexity index is 318. The summed E-state index contributed by atoms with van der Waals surface area (Å²) in [5.74, 6) is 0.747. The Labute approximate surface area is 76.8 Å². The molecule has 4 nitrogen and oxygen atoms in total. The molecule has 0 spiro atoms. The van der Waals surface area contributed by atoms with E-state index in [0.29, 0.717) is 5.56 Å². The molecule has 66 valence electrons. The zero-order chi connectivity index (χ0) is 9.10. The molecule has 0 bridgehead atoms. The van der Waals surface area contributed by atoms with Crippen LogP contribution in [0.5, 0.6) is 0 Å². The number of nitriles is 1. The summed E-state index contributed by atoms with van der Waals surface area (Å²) >= 11 is 0. The van der Waals surface area contributed by atoms with Crippen LogP contribution in [0, 0.1) is 11.3 Å². The first kappa shape index (κ1) is 7.99. The van der Waals surface area contributed by atoms with Crippen LogP contribution in [0.2, 0.25) is 0 Å². The second-order valence-corrected chi connectivity index (χ2v) is 3.08. The van der Waals surface area contributed by atoms with E-state index in [-0.39, 0.29) is 0 Å². The number of anilines is 1. The first-order valence-corrected chi connectivity index (χ1v) is 4.37. The van der Waals surface area contributed by atoms with Crippen molar-refractivity contribution in [2.24, 2.45) is 0 Å². The van der Waals surface area contributed by atoms with Gasteiger partial charge >= 0.3 is 0 Å². The van der Waals surface area contributed by atoms with Crippen LogP contribution in [0.15, 0.2) is 12.4 Å². The molecule has 0 radical (unpaired) electrons. The Balaban J connectivity index is 2.18. The molecule has 0 atom stereocenters. The van der Waals surface area contributed by atoms with Crippen molar-refractivity contribution < 1.29 is 0 Å². The van der Waals surface area contributed by atoms with Gasteiger partial charge in [-0.05, 0) is 12.8 Å². The third-order valence-electron chi connectivity index (χ3n) is 2.16. The second kappa shape index (κ2) is 3.40. The lowest BCUT2D eigenvalue weighted by Gasteiger charge is -2.13. The second-order valence-electron chi connectivity index (χ2n) is 3.08. The summed E-state index contributed by atoms with van der Waals surface area (Å²) in [6, 6.07) is 2.00. The van der Waals surface area contributed by atoms with Crippen LogP contribution in [0.25, 0.3) is 0 Å². The Morgan fingerprint density at radius 2 is 1.85 bits per heavy atom. The molecule has 0 amide bonds. The van der Waals surface area contributed by atoms with Crippen LogP contribution < -0.4 is 4.90 Å². The van der Waals surface area contributed by atoms with Crippen LogP contribution in [0.4, 0.5) is 5.95 Å². The standard InChI is InChI=1S/C9H10N4/c10-5-8-6-11-9(12-7-8)13-3-1-2-4-13/h6-7H,1-4H2. The van der Waals surface area contributed by atoms with Crippen LogP contribution in [0.1, 0.15) is 18.4 Å². The monoisotopic (exact) mass is 174 g/mol. The van der Waals surface area contributed by atoms with E-state index in [2.05, 4.69) is 14.9 Å². The Kier molecular flexibility index (Phi) is 2.09. The van der Waals surface area contributed by atoms with E-state index < -0.39 is 0 Å². The molecule has 1 fully saturated rings. The smallest absolute Gasteiger partial charge is 0.225 e. The summed E-state index contributed by atoms with van der Waals surface area (Å²) in [5.41, 5.74) is 0.517.